The second kappa shape index (κ2) is 6.62. The lowest BCUT2D eigenvalue weighted by molar-refractivity contribution is -0.384. The van der Waals surface area contributed by atoms with E-state index in [1.54, 1.807) is 0 Å². The molecule has 1 aromatic heterocycles. The number of benzene rings is 1. The molecule has 0 atom stereocenters. The van der Waals surface area contributed by atoms with Crippen molar-refractivity contribution in [3.05, 3.63) is 46.6 Å². The van der Waals surface area contributed by atoms with Gasteiger partial charge < -0.3 is 10.1 Å². The number of nitro benzene ring substituents is 1. The molecule has 0 bridgehead atoms. The zero-order valence-corrected chi connectivity index (χ0v) is 13.1. The molecule has 2 aromatic rings. The van der Waals surface area contributed by atoms with E-state index in [0.717, 1.165) is 25.0 Å². The molecule has 3 rings (SSSR count). The highest BCUT2D eigenvalue weighted by molar-refractivity contribution is 5.93. The van der Waals surface area contributed by atoms with Gasteiger partial charge in [-0.05, 0) is 42.7 Å². The molecule has 0 spiro atoms. The number of hydrogen-bond acceptors (Lipinski definition) is 5. The minimum absolute atomic E-state index is 0.0476. The van der Waals surface area contributed by atoms with Crippen LogP contribution in [0.25, 0.3) is 11.1 Å². The Labute approximate surface area is 145 Å². The van der Waals surface area contributed by atoms with Crippen molar-refractivity contribution in [2.24, 2.45) is 5.92 Å². The summed E-state index contributed by atoms with van der Waals surface area (Å²) < 4.78 is 40.6. The number of halogens is 3. The SMILES string of the molecule is O=C(Nc1cc(-c2ccc(OC(F)(F)F)cc2[N+](=O)[O-])ccn1)C1CC1. The first-order chi connectivity index (χ1) is 12.2. The number of carbonyl (C=O) groups excluding carboxylic acids is 1. The molecule has 136 valence electrons. The number of ether oxygens (including phenoxy) is 1. The molecule has 0 radical (unpaired) electrons. The lowest BCUT2D eigenvalue weighted by Crippen LogP contribution is -2.17. The van der Waals surface area contributed by atoms with Crippen molar-refractivity contribution >= 4 is 17.4 Å². The van der Waals surface area contributed by atoms with Gasteiger partial charge in [-0.15, -0.1) is 13.2 Å². The molecular formula is C16H12F3N3O4. The molecule has 1 heterocycles. The van der Waals surface area contributed by atoms with Gasteiger partial charge in [0.1, 0.15) is 11.6 Å². The molecule has 1 saturated carbocycles. The summed E-state index contributed by atoms with van der Waals surface area (Å²) in [5.74, 6) is -0.708. The molecule has 1 aliphatic carbocycles. The summed E-state index contributed by atoms with van der Waals surface area (Å²) in [6.45, 7) is 0. The number of nitro groups is 1. The maximum absolute atomic E-state index is 12.3. The van der Waals surface area contributed by atoms with Crippen LogP contribution in [0, 0.1) is 16.0 Å². The van der Waals surface area contributed by atoms with Gasteiger partial charge in [-0.3, -0.25) is 14.9 Å². The number of nitrogens with zero attached hydrogens (tertiary/aromatic N) is 2. The Morgan fingerprint density at radius 3 is 2.62 bits per heavy atom. The van der Waals surface area contributed by atoms with Gasteiger partial charge >= 0.3 is 6.36 Å². The molecule has 0 aliphatic heterocycles. The van der Waals surface area contributed by atoms with E-state index in [2.05, 4.69) is 15.0 Å². The lowest BCUT2D eigenvalue weighted by atomic mass is 10.0. The van der Waals surface area contributed by atoms with Crippen LogP contribution in [0.2, 0.25) is 0 Å². The van der Waals surface area contributed by atoms with Crippen molar-refractivity contribution < 1.29 is 27.6 Å². The van der Waals surface area contributed by atoms with Crippen molar-refractivity contribution in [2.75, 3.05) is 5.32 Å². The fourth-order valence-corrected chi connectivity index (χ4v) is 2.34. The number of alkyl halides is 3. The second-order valence-electron chi connectivity index (χ2n) is 5.68. The van der Waals surface area contributed by atoms with Crippen LogP contribution in [0.1, 0.15) is 12.8 Å². The lowest BCUT2D eigenvalue weighted by Gasteiger charge is -2.11. The third-order valence-electron chi connectivity index (χ3n) is 3.67. The highest BCUT2D eigenvalue weighted by Crippen LogP contribution is 2.36. The average Bonchev–Trinajstić information content (AvgIpc) is 3.38. The van der Waals surface area contributed by atoms with Crippen molar-refractivity contribution in [2.45, 2.75) is 19.2 Å². The topological polar surface area (TPSA) is 94.4 Å². The van der Waals surface area contributed by atoms with Gasteiger partial charge in [0.25, 0.3) is 5.69 Å². The van der Waals surface area contributed by atoms with Crippen LogP contribution >= 0.6 is 0 Å². The molecule has 0 unspecified atom stereocenters. The predicted molar refractivity (Wildman–Crippen MR) is 84.4 cm³/mol. The number of carbonyl (C=O) groups is 1. The van der Waals surface area contributed by atoms with E-state index >= 15 is 0 Å². The van der Waals surface area contributed by atoms with E-state index in [1.165, 1.54) is 18.3 Å². The largest absolute Gasteiger partial charge is 0.573 e. The fraction of sp³-hybridized carbons (Fsp3) is 0.250. The second-order valence-corrected chi connectivity index (χ2v) is 5.68. The Kier molecular flexibility index (Phi) is 4.49. The van der Waals surface area contributed by atoms with E-state index in [4.69, 9.17) is 0 Å². The number of anilines is 1. The average molecular weight is 367 g/mol. The molecule has 26 heavy (non-hydrogen) atoms. The van der Waals surface area contributed by atoms with Crippen LogP contribution in [-0.4, -0.2) is 22.2 Å². The van der Waals surface area contributed by atoms with E-state index in [9.17, 15) is 28.1 Å². The summed E-state index contributed by atoms with van der Waals surface area (Å²) in [4.78, 5) is 26.2. The Morgan fingerprint density at radius 1 is 1.27 bits per heavy atom. The first-order valence-electron chi connectivity index (χ1n) is 7.54. The minimum atomic E-state index is -4.95. The van der Waals surface area contributed by atoms with Crippen LogP contribution < -0.4 is 10.1 Å². The molecule has 10 heteroatoms. The van der Waals surface area contributed by atoms with Gasteiger partial charge in [0.05, 0.1) is 16.6 Å². The van der Waals surface area contributed by atoms with Crippen LogP contribution in [0.4, 0.5) is 24.7 Å². The molecule has 7 nitrogen and oxygen atoms in total. The zero-order valence-electron chi connectivity index (χ0n) is 13.1. The van der Waals surface area contributed by atoms with Gasteiger partial charge in [0.15, 0.2) is 0 Å². The molecule has 1 N–H and O–H groups in total. The maximum atomic E-state index is 12.3. The highest BCUT2D eigenvalue weighted by atomic mass is 19.4. The number of hydrogen-bond donors (Lipinski definition) is 1. The third kappa shape index (κ3) is 4.26. The van der Waals surface area contributed by atoms with Crippen molar-refractivity contribution in [1.29, 1.82) is 0 Å². The molecule has 0 saturated heterocycles. The fourth-order valence-electron chi connectivity index (χ4n) is 2.34. The number of pyridine rings is 1. The first-order valence-corrected chi connectivity index (χ1v) is 7.54. The summed E-state index contributed by atoms with van der Waals surface area (Å²) in [7, 11) is 0. The predicted octanol–water partition coefficient (Wildman–Crippen LogP) is 3.90. The number of rotatable bonds is 5. The van der Waals surface area contributed by atoms with Crippen LogP contribution in [0.5, 0.6) is 5.75 Å². The van der Waals surface area contributed by atoms with Gasteiger partial charge in [0, 0.05) is 12.1 Å². The van der Waals surface area contributed by atoms with E-state index in [0.29, 0.717) is 11.6 Å². The molecule has 1 aliphatic rings. The van der Waals surface area contributed by atoms with Crippen LogP contribution in [-0.2, 0) is 4.79 Å². The van der Waals surface area contributed by atoms with Gasteiger partial charge in [0.2, 0.25) is 5.91 Å². The molecular weight excluding hydrogens is 355 g/mol. The van der Waals surface area contributed by atoms with Gasteiger partial charge in [-0.1, -0.05) is 0 Å². The quantitative estimate of drug-likeness (QED) is 0.639. The Hall–Kier alpha value is -3.17. The molecule has 1 aromatic carbocycles. The zero-order chi connectivity index (χ0) is 18.9. The highest BCUT2D eigenvalue weighted by Gasteiger charge is 2.32. The van der Waals surface area contributed by atoms with Gasteiger partial charge in [-0.25, -0.2) is 4.98 Å². The summed E-state index contributed by atoms with van der Waals surface area (Å²) in [6, 6.07) is 5.72. The van der Waals surface area contributed by atoms with E-state index in [-0.39, 0.29) is 23.2 Å². The maximum Gasteiger partial charge on any atom is 0.573 e. The van der Waals surface area contributed by atoms with Crippen LogP contribution in [0.3, 0.4) is 0 Å². The Morgan fingerprint density at radius 2 is 2.00 bits per heavy atom. The summed E-state index contributed by atoms with van der Waals surface area (Å²) in [5, 5.41) is 13.9. The van der Waals surface area contributed by atoms with Gasteiger partial charge in [-0.2, -0.15) is 0 Å². The number of amides is 1. The van der Waals surface area contributed by atoms with Crippen molar-refractivity contribution in [3.8, 4) is 16.9 Å². The summed E-state index contributed by atoms with van der Waals surface area (Å²) in [5.41, 5.74) is -0.150. The smallest absolute Gasteiger partial charge is 0.406 e. The standard InChI is InChI=1S/C16H12F3N3O4/c17-16(18,19)26-11-3-4-12(13(8-11)22(24)25)10-5-6-20-14(7-10)21-15(23)9-1-2-9/h3-9H,1-2H2,(H,20,21,23). The number of nitrogens with one attached hydrogen (secondary N) is 1. The van der Waals surface area contributed by atoms with E-state index < -0.39 is 22.7 Å². The Bertz CT molecular complexity index is 866. The molecule has 1 fully saturated rings. The van der Waals surface area contributed by atoms with Crippen LogP contribution in [0.15, 0.2) is 36.5 Å². The summed E-state index contributed by atoms with van der Waals surface area (Å²) >= 11 is 0. The van der Waals surface area contributed by atoms with E-state index in [1.807, 2.05) is 0 Å². The van der Waals surface area contributed by atoms with Crippen molar-refractivity contribution in [1.82, 2.24) is 4.98 Å². The van der Waals surface area contributed by atoms with Crippen molar-refractivity contribution in [3.63, 3.8) is 0 Å². The Balaban J connectivity index is 1.92. The molecule has 1 amide bonds. The third-order valence-corrected chi connectivity index (χ3v) is 3.67. The monoisotopic (exact) mass is 367 g/mol. The summed E-state index contributed by atoms with van der Waals surface area (Å²) in [6.07, 6.45) is -2.00. The minimum Gasteiger partial charge on any atom is -0.406 e. The number of aromatic nitrogens is 1. The first kappa shape index (κ1) is 17.6. The normalized spacial score (nSPS) is 14.0.